The van der Waals surface area contributed by atoms with Crippen LogP contribution in [-0.4, -0.2) is 28.7 Å². The van der Waals surface area contributed by atoms with Crippen LogP contribution in [0.2, 0.25) is 0 Å². The first kappa shape index (κ1) is 20.6. The predicted octanol–water partition coefficient (Wildman–Crippen LogP) is 5.14. The van der Waals surface area contributed by atoms with Crippen molar-refractivity contribution < 1.29 is 18.7 Å². The number of esters is 1. The zero-order valence-corrected chi connectivity index (χ0v) is 17.8. The number of nitrogens with zero attached hydrogens (tertiary/aromatic N) is 2. The van der Waals surface area contributed by atoms with E-state index in [2.05, 4.69) is 10.2 Å². The number of benzene rings is 3. The fourth-order valence-corrected chi connectivity index (χ4v) is 4.19. The SMILES string of the molecule is CCOC(=O)c1ccc(N2C(=O)c3[nH]nc(-c4ccccc4)c3[C@H]2c2cccc(F)c2)cc1. The van der Waals surface area contributed by atoms with Crippen LogP contribution in [0.15, 0.2) is 78.9 Å². The van der Waals surface area contributed by atoms with Crippen molar-refractivity contribution >= 4 is 17.6 Å². The van der Waals surface area contributed by atoms with E-state index in [-0.39, 0.29) is 12.5 Å². The van der Waals surface area contributed by atoms with Crippen LogP contribution in [0.25, 0.3) is 11.3 Å². The van der Waals surface area contributed by atoms with Gasteiger partial charge in [-0.1, -0.05) is 42.5 Å². The summed E-state index contributed by atoms with van der Waals surface area (Å²) in [5.74, 6) is -1.10. The molecule has 0 saturated carbocycles. The number of H-pyrrole nitrogens is 1. The Hall–Kier alpha value is -4.26. The van der Waals surface area contributed by atoms with Crippen molar-refractivity contribution in [3.63, 3.8) is 0 Å². The maximum atomic E-state index is 14.2. The van der Waals surface area contributed by atoms with Crippen molar-refractivity contribution in [2.45, 2.75) is 13.0 Å². The molecular formula is C26H20FN3O3. The molecule has 0 fully saturated rings. The summed E-state index contributed by atoms with van der Waals surface area (Å²) in [4.78, 5) is 27.1. The summed E-state index contributed by atoms with van der Waals surface area (Å²) in [5, 5.41) is 7.30. The number of carbonyl (C=O) groups excluding carboxylic acids is 2. The summed E-state index contributed by atoms with van der Waals surface area (Å²) < 4.78 is 19.3. The first-order valence-corrected chi connectivity index (χ1v) is 10.6. The fourth-order valence-electron chi connectivity index (χ4n) is 4.19. The average molecular weight is 441 g/mol. The number of hydrogen-bond donors (Lipinski definition) is 1. The summed E-state index contributed by atoms with van der Waals surface area (Å²) in [5.41, 5.74) is 4.12. The molecule has 1 atom stereocenters. The number of aromatic nitrogens is 2. The Morgan fingerprint density at radius 2 is 1.82 bits per heavy atom. The number of fused-ring (bicyclic) bond motifs is 1. The molecule has 4 aromatic rings. The van der Waals surface area contributed by atoms with Crippen LogP contribution in [0.5, 0.6) is 0 Å². The highest BCUT2D eigenvalue weighted by molar-refractivity contribution is 6.11. The molecule has 1 N–H and O–H groups in total. The summed E-state index contributed by atoms with van der Waals surface area (Å²) >= 11 is 0. The number of halogens is 1. The highest BCUT2D eigenvalue weighted by atomic mass is 19.1. The molecule has 164 valence electrons. The fraction of sp³-hybridized carbons (Fsp3) is 0.115. The molecule has 0 aliphatic carbocycles. The topological polar surface area (TPSA) is 75.3 Å². The summed E-state index contributed by atoms with van der Waals surface area (Å²) in [7, 11) is 0. The first-order valence-electron chi connectivity index (χ1n) is 10.6. The highest BCUT2D eigenvalue weighted by Gasteiger charge is 2.43. The van der Waals surface area contributed by atoms with Crippen LogP contribution < -0.4 is 4.90 Å². The van der Waals surface area contributed by atoms with Gasteiger partial charge in [-0.3, -0.25) is 14.8 Å². The molecule has 0 saturated heterocycles. The van der Waals surface area contributed by atoms with Gasteiger partial charge in [0.1, 0.15) is 11.5 Å². The zero-order valence-electron chi connectivity index (χ0n) is 17.8. The minimum Gasteiger partial charge on any atom is -0.462 e. The number of nitrogens with one attached hydrogen (secondary N) is 1. The van der Waals surface area contributed by atoms with Crippen LogP contribution in [0.3, 0.4) is 0 Å². The van der Waals surface area contributed by atoms with E-state index in [0.29, 0.717) is 33.8 Å². The third-order valence-electron chi connectivity index (χ3n) is 5.64. The van der Waals surface area contributed by atoms with Crippen molar-refractivity contribution in [3.8, 4) is 11.3 Å². The van der Waals surface area contributed by atoms with Gasteiger partial charge in [0.25, 0.3) is 5.91 Å². The van der Waals surface area contributed by atoms with E-state index in [1.54, 1.807) is 48.2 Å². The van der Waals surface area contributed by atoms with Crippen LogP contribution in [0, 0.1) is 5.82 Å². The zero-order chi connectivity index (χ0) is 22.9. The van der Waals surface area contributed by atoms with E-state index in [1.165, 1.54) is 12.1 Å². The number of carbonyl (C=O) groups is 2. The smallest absolute Gasteiger partial charge is 0.338 e. The number of anilines is 1. The average Bonchev–Trinajstić information content (AvgIpc) is 3.39. The summed E-state index contributed by atoms with van der Waals surface area (Å²) in [6.07, 6.45) is 0. The predicted molar refractivity (Wildman–Crippen MR) is 121 cm³/mol. The molecule has 1 amide bonds. The molecule has 1 aliphatic rings. The lowest BCUT2D eigenvalue weighted by Gasteiger charge is -2.26. The number of rotatable bonds is 5. The van der Waals surface area contributed by atoms with Crippen molar-refractivity contribution in [2.75, 3.05) is 11.5 Å². The van der Waals surface area contributed by atoms with Gasteiger partial charge in [0.05, 0.1) is 23.9 Å². The van der Waals surface area contributed by atoms with Gasteiger partial charge in [0.2, 0.25) is 0 Å². The van der Waals surface area contributed by atoms with Gasteiger partial charge in [-0.05, 0) is 48.9 Å². The van der Waals surface area contributed by atoms with Gasteiger partial charge < -0.3 is 4.74 Å². The van der Waals surface area contributed by atoms with Gasteiger partial charge in [0.15, 0.2) is 0 Å². The Balaban J connectivity index is 1.64. The molecule has 1 aromatic heterocycles. The lowest BCUT2D eigenvalue weighted by molar-refractivity contribution is 0.0526. The second kappa shape index (κ2) is 8.35. The molecule has 0 bridgehead atoms. The number of ether oxygens (including phenoxy) is 1. The minimum atomic E-state index is -0.592. The van der Waals surface area contributed by atoms with E-state index < -0.39 is 17.8 Å². The minimum absolute atomic E-state index is 0.275. The molecule has 5 rings (SSSR count). The van der Waals surface area contributed by atoms with Crippen molar-refractivity contribution in [3.05, 3.63) is 107 Å². The molecule has 0 radical (unpaired) electrons. The Labute approximate surface area is 189 Å². The lowest BCUT2D eigenvalue weighted by atomic mass is 9.95. The van der Waals surface area contributed by atoms with Gasteiger partial charge in [-0.15, -0.1) is 0 Å². The summed E-state index contributed by atoms with van der Waals surface area (Å²) in [6.45, 7) is 2.02. The maximum absolute atomic E-state index is 14.2. The molecule has 0 spiro atoms. The Morgan fingerprint density at radius 3 is 2.52 bits per heavy atom. The number of hydrogen-bond acceptors (Lipinski definition) is 4. The maximum Gasteiger partial charge on any atom is 0.338 e. The van der Waals surface area contributed by atoms with E-state index >= 15 is 0 Å². The highest BCUT2D eigenvalue weighted by Crippen LogP contribution is 2.45. The lowest BCUT2D eigenvalue weighted by Crippen LogP contribution is -2.29. The quantitative estimate of drug-likeness (QED) is 0.435. The second-order valence-electron chi connectivity index (χ2n) is 7.63. The Morgan fingerprint density at radius 1 is 1.06 bits per heavy atom. The third-order valence-corrected chi connectivity index (χ3v) is 5.64. The van der Waals surface area contributed by atoms with E-state index in [1.807, 2.05) is 30.3 Å². The number of amides is 1. The Bertz CT molecular complexity index is 1330. The van der Waals surface area contributed by atoms with Crippen molar-refractivity contribution in [2.24, 2.45) is 0 Å². The molecule has 33 heavy (non-hydrogen) atoms. The summed E-state index contributed by atoms with van der Waals surface area (Å²) in [6, 6.07) is 21.8. The van der Waals surface area contributed by atoms with Crippen LogP contribution in [0.4, 0.5) is 10.1 Å². The van der Waals surface area contributed by atoms with Crippen LogP contribution >= 0.6 is 0 Å². The van der Waals surface area contributed by atoms with Crippen molar-refractivity contribution in [1.29, 1.82) is 0 Å². The largest absolute Gasteiger partial charge is 0.462 e. The third kappa shape index (κ3) is 3.57. The van der Waals surface area contributed by atoms with E-state index in [0.717, 1.165) is 5.56 Å². The Kier molecular flexibility index (Phi) is 5.22. The monoisotopic (exact) mass is 441 g/mol. The van der Waals surface area contributed by atoms with Gasteiger partial charge >= 0.3 is 5.97 Å². The molecule has 2 heterocycles. The molecule has 1 aliphatic heterocycles. The normalized spacial score (nSPS) is 14.9. The molecule has 0 unspecified atom stereocenters. The molecule has 7 heteroatoms. The molecule has 3 aromatic carbocycles. The van der Waals surface area contributed by atoms with Gasteiger partial charge in [-0.25, -0.2) is 9.18 Å². The first-order chi connectivity index (χ1) is 16.1. The van der Waals surface area contributed by atoms with Gasteiger partial charge in [-0.2, -0.15) is 5.10 Å². The van der Waals surface area contributed by atoms with Crippen LogP contribution in [0.1, 0.15) is 44.9 Å². The van der Waals surface area contributed by atoms with Gasteiger partial charge in [0, 0.05) is 16.8 Å². The second-order valence-corrected chi connectivity index (χ2v) is 7.63. The van der Waals surface area contributed by atoms with Crippen LogP contribution in [-0.2, 0) is 4.74 Å². The van der Waals surface area contributed by atoms with Crippen molar-refractivity contribution in [1.82, 2.24) is 10.2 Å². The van der Waals surface area contributed by atoms with E-state index in [4.69, 9.17) is 4.74 Å². The number of aromatic amines is 1. The van der Waals surface area contributed by atoms with E-state index in [9.17, 15) is 14.0 Å². The molecular weight excluding hydrogens is 421 g/mol. The standard InChI is InChI=1S/C26H20FN3O3/c1-2-33-26(32)17-11-13-20(14-12-17)30-24(18-9-6-10-19(27)15-18)21-22(16-7-4-3-5-8-16)28-29-23(21)25(30)31/h3-15,24H,2H2,1H3,(H,28,29)/t24-/m1/s1. The molecule has 6 nitrogen and oxygen atoms in total.